The molecule has 9 nitrogen and oxygen atoms in total. The molecule has 160 valence electrons. The molecule has 0 aliphatic carbocycles. The molecule has 3 amide bonds. The smallest absolute Gasteiger partial charge is 0.286 e. The summed E-state index contributed by atoms with van der Waals surface area (Å²) >= 11 is 5.94. The van der Waals surface area contributed by atoms with Crippen molar-refractivity contribution in [2.45, 2.75) is 19.4 Å². The van der Waals surface area contributed by atoms with Crippen LogP contribution in [0.5, 0.6) is 11.5 Å². The van der Waals surface area contributed by atoms with E-state index in [4.69, 9.17) is 21.1 Å². The predicted molar refractivity (Wildman–Crippen MR) is 113 cm³/mol. The fourth-order valence-electron chi connectivity index (χ4n) is 3.05. The van der Waals surface area contributed by atoms with Gasteiger partial charge in [0.1, 0.15) is 5.69 Å². The quantitative estimate of drug-likeness (QED) is 0.437. The molecule has 0 fully saturated rings. The zero-order valence-corrected chi connectivity index (χ0v) is 17.0. The lowest BCUT2D eigenvalue weighted by Gasteiger charge is -2.08. The van der Waals surface area contributed by atoms with Crippen LogP contribution in [0.1, 0.15) is 28.9 Å². The van der Waals surface area contributed by atoms with Gasteiger partial charge < -0.3 is 19.8 Å². The molecule has 4 N–H and O–H groups in total. The minimum absolute atomic E-state index is 0.0167. The normalized spacial score (nSPS) is 11.9. The molecule has 31 heavy (non-hydrogen) atoms. The maximum atomic E-state index is 12.2. The number of H-pyrrole nitrogens is 1. The number of aromatic amines is 1. The average Bonchev–Trinajstić information content (AvgIpc) is 3.40. The molecule has 2 heterocycles. The van der Waals surface area contributed by atoms with E-state index in [1.54, 1.807) is 36.4 Å². The zero-order chi connectivity index (χ0) is 21.8. The number of hydrazine groups is 1. The molecule has 0 unspecified atom stereocenters. The van der Waals surface area contributed by atoms with Crippen LogP contribution in [0, 0.1) is 0 Å². The van der Waals surface area contributed by atoms with Crippen molar-refractivity contribution in [1.29, 1.82) is 0 Å². The van der Waals surface area contributed by atoms with Crippen LogP contribution in [-0.4, -0.2) is 29.5 Å². The summed E-state index contributed by atoms with van der Waals surface area (Å²) in [7, 11) is 0. The number of aromatic nitrogens is 1. The molecule has 3 aromatic rings. The number of benzene rings is 2. The van der Waals surface area contributed by atoms with E-state index in [1.165, 1.54) is 0 Å². The molecule has 0 atom stereocenters. The molecule has 10 heteroatoms. The van der Waals surface area contributed by atoms with E-state index in [1.807, 2.05) is 6.07 Å². The molecule has 2 aromatic carbocycles. The second-order valence-corrected chi connectivity index (χ2v) is 7.32. The van der Waals surface area contributed by atoms with Crippen molar-refractivity contribution in [3.8, 4) is 11.5 Å². The second-order valence-electron chi connectivity index (χ2n) is 6.88. The SMILES string of the molecule is O=C(CCC(=O)NNC(=O)c1cc2cc(Cl)ccc2[nH]1)NCc1ccc2c(c1)OCO2. The first kappa shape index (κ1) is 20.5. The third-order valence-corrected chi connectivity index (χ3v) is 4.88. The van der Waals surface area contributed by atoms with E-state index in [-0.39, 0.29) is 31.2 Å². The lowest BCUT2D eigenvalue weighted by Crippen LogP contribution is -2.42. The molecular weight excluding hydrogens is 424 g/mol. The average molecular weight is 443 g/mol. The number of ether oxygens (including phenoxy) is 2. The van der Waals surface area contributed by atoms with Crippen LogP contribution in [0.3, 0.4) is 0 Å². The first-order valence-corrected chi connectivity index (χ1v) is 9.88. The Morgan fingerprint density at radius 2 is 1.74 bits per heavy atom. The van der Waals surface area contributed by atoms with Crippen LogP contribution in [0.2, 0.25) is 5.02 Å². The van der Waals surface area contributed by atoms with Crippen LogP contribution in [0.15, 0.2) is 42.5 Å². The molecule has 0 spiro atoms. The monoisotopic (exact) mass is 442 g/mol. The Hall–Kier alpha value is -3.72. The highest BCUT2D eigenvalue weighted by molar-refractivity contribution is 6.31. The molecule has 1 aromatic heterocycles. The molecule has 0 radical (unpaired) electrons. The Bertz CT molecular complexity index is 1160. The number of amides is 3. The Balaban J connectivity index is 1.19. The van der Waals surface area contributed by atoms with Crippen LogP contribution in [0.4, 0.5) is 0 Å². The maximum absolute atomic E-state index is 12.2. The Morgan fingerprint density at radius 3 is 2.61 bits per heavy atom. The van der Waals surface area contributed by atoms with Crippen LogP contribution < -0.4 is 25.6 Å². The summed E-state index contributed by atoms with van der Waals surface area (Å²) in [5.41, 5.74) is 6.50. The number of fused-ring (bicyclic) bond motifs is 2. The number of halogens is 1. The minimum atomic E-state index is -0.507. The van der Waals surface area contributed by atoms with E-state index < -0.39 is 11.8 Å². The molecular formula is C21H19ClN4O5. The highest BCUT2D eigenvalue weighted by Crippen LogP contribution is 2.32. The summed E-state index contributed by atoms with van der Waals surface area (Å²) in [5, 5.41) is 4.08. The topological polar surface area (TPSA) is 122 Å². The van der Waals surface area contributed by atoms with Crippen molar-refractivity contribution < 1.29 is 23.9 Å². The Morgan fingerprint density at radius 1 is 0.935 bits per heavy atom. The van der Waals surface area contributed by atoms with E-state index in [0.29, 0.717) is 23.1 Å². The lowest BCUT2D eigenvalue weighted by molar-refractivity contribution is -0.126. The van der Waals surface area contributed by atoms with Gasteiger partial charge in [-0.1, -0.05) is 17.7 Å². The minimum Gasteiger partial charge on any atom is -0.454 e. The molecule has 4 rings (SSSR count). The van der Waals surface area contributed by atoms with Gasteiger partial charge >= 0.3 is 0 Å². The first-order valence-electron chi connectivity index (χ1n) is 9.50. The third kappa shape index (κ3) is 5.07. The number of carbonyl (C=O) groups excluding carboxylic acids is 3. The zero-order valence-electron chi connectivity index (χ0n) is 16.3. The van der Waals surface area contributed by atoms with Gasteiger partial charge in [-0.05, 0) is 42.0 Å². The van der Waals surface area contributed by atoms with Gasteiger partial charge in [-0.15, -0.1) is 0 Å². The van der Waals surface area contributed by atoms with Crippen LogP contribution in [-0.2, 0) is 16.1 Å². The van der Waals surface area contributed by atoms with Crippen molar-refractivity contribution >= 4 is 40.2 Å². The second kappa shape index (κ2) is 8.97. The van der Waals surface area contributed by atoms with Gasteiger partial charge in [0.15, 0.2) is 11.5 Å². The fourth-order valence-corrected chi connectivity index (χ4v) is 3.23. The predicted octanol–water partition coefficient (Wildman–Crippen LogP) is 2.41. The van der Waals surface area contributed by atoms with Gasteiger partial charge in [0.2, 0.25) is 18.6 Å². The first-order chi connectivity index (χ1) is 15.0. The number of hydrogen-bond acceptors (Lipinski definition) is 5. The molecule has 1 aliphatic rings. The van der Waals surface area contributed by atoms with Gasteiger partial charge in [0, 0.05) is 35.3 Å². The molecule has 1 aliphatic heterocycles. The van der Waals surface area contributed by atoms with Gasteiger partial charge in [-0.25, -0.2) is 0 Å². The summed E-state index contributed by atoms with van der Waals surface area (Å²) in [6, 6.07) is 12.2. The Kier molecular flexibility index (Phi) is 5.94. The number of carbonyl (C=O) groups is 3. The summed E-state index contributed by atoms with van der Waals surface area (Å²) in [4.78, 5) is 39.1. The number of hydrogen-bond donors (Lipinski definition) is 4. The highest BCUT2D eigenvalue weighted by atomic mass is 35.5. The van der Waals surface area contributed by atoms with Crippen LogP contribution in [0.25, 0.3) is 10.9 Å². The van der Waals surface area contributed by atoms with E-state index in [0.717, 1.165) is 16.5 Å². The maximum Gasteiger partial charge on any atom is 0.286 e. The van der Waals surface area contributed by atoms with E-state index >= 15 is 0 Å². The van der Waals surface area contributed by atoms with Crippen molar-refractivity contribution in [2.75, 3.05) is 6.79 Å². The van der Waals surface area contributed by atoms with Crippen molar-refractivity contribution in [1.82, 2.24) is 21.2 Å². The third-order valence-electron chi connectivity index (χ3n) is 4.65. The van der Waals surface area contributed by atoms with Gasteiger partial charge in [0.05, 0.1) is 0 Å². The van der Waals surface area contributed by atoms with Gasteiger partial charge in [-0.3, -0.25) is 25.2 Å². The van der Waals surface area contributed by atoms with Gasteiger partial charge in [-0.2, -0.15) is 0 Å². The number of nitrogens with one attached hydrogen (secondary N) is 4. The Labute approximate surface area is 182 Å². The largest absolute Gasteiger partial charge is 0.454 e. The standard InChI is InChI=1S/C21H19ClN4O5/c22-14-2-3-15-13(8-14)9-16(24-15)21(29)26-25-20(28)6-5-19(27)23-10-12-1-4-17-18(7-12)31-11-30-17/h1-4,7-9,24H,5-6,10-11H2,(H,23,27)(H,25,28)(H,26,29). The number of rotatable bonds is 6. The fraction of sp³-hybridized carbons (Fsp3) is 0.190. The van der Waals surface area contributed by atoms with E-state index in [2.05, 4.69) is 21.2 Å². The van der Waals surface area contributed by atoms with E-state index in [9.17, 15) is 14.4 Å². The van der Waals surface area contributed by atoms with Crippen molar-refractivity contribution in [2.24, 2.45) is 0 Å². The highest BCUT2D eigenvalue weighted by Gasteiger charge is 2.14. The van der Waals surface area contributed by atoms with Crippen LogP contribution >= 0.6 is 11.6 Å². The molecule has 0 bridgehead atoms. The lowest BCUT2D eigenvalue weighted by atomic mass is 10.2. The summed E-state index contributed by atoms with van der Waals surface area (Å²) in [5.74, 6) is 0.0373. The summed E-state index contributed by atoms with van der Waals surface area (Å²) in [6.45, 7) is 0.490. The van der Waals surface area contributed by atoms with Crippen molar-refractivity contribution in [3.05, 3.63) is 58.7 Å². The van der Waals surface area contributed by atoms with Crippen molar-refractivity contribution in [3.63, 3.8) is 0 Å². The van der Waals surface area contributed by atoms with Gasteiger partial charge in [0.25, 0.3) is 5.91 Å². The summed E-state index contributed by atoms with van der Waals surface area (Å²) < 4.78 is 10.5. The summed E-state index contributed by atoms with van der Waals surface area (Å²) in [6.07, 6.45) is -0.0906. The molecule has 0 saturated heterocycles. The molecule has 0 saturated carbocycles.